The third-order valence-corrected chi connectivity index (χ3v) is 7.18. The summed E-state index contributed by atoms with van der Waals surface area (Å²) in [5.41, 5.74) is 1.48. The van der Waals surface area contributed by atoms with E-state index < -0.39 is 0 Å². The average Bonchev–Trinajstić information content (AvgIpc) is 2.12. The molecule has 0 aliphatic carbocycles. The van der Waals surface area contributed by atoms with Crippen molar-refractivity contribution in [2.75, 3.05) is 0 Å². The maximum atomic E-state index is 2.49. The Balaban J connectivity index is 5.91. The van der Waals surface area contributed by atoms with E-state index in [4.69, 9.17) is 0 Å². The molecule has 0 aromatic carbocycles. The first-order valence-corrected chi connectivity index (χ1v) is 7.56. The Morgan fingerprint density at radius 3 is 1.00 bits per heavy atom. The third-order valence-electron chi connectivity index (χ3n) is 7.18. The molecule has 18 heavy (non-hydrogen) atoms. The zero-order valence-electron chi connectivity index (χ0n) is 15.2. The SMILES string of the molecule is CCC(C)(C(C)(C)C)C(C)(C)C(C)(C)C(C)(C)C. The van der Waals surface area contributed by atoms with Gasteiger partial charge in [0.25, 0.3) is 0 Å². The Labute approximate surface area is 117 Å². The fourth-order valence-corrected chi connectivity index (χ4v) is 3.54. The molecule has 0 rings (SSSR count). The Morgan fingerprint density at radius 1 is 0.500 bits per heavy atom. The first kappa shape index (κ1) is 18.0. The largest absolute Gasteiger partial charge is 0.0648 e. The highest BCUT2D eigenvalue weighted by atomic mass is 14.6. The second kappa shape index (κ2) is 4.53. The summed E-state index contributed by atoms with van der Waals surface area (Å²) in [7, 11) is 0. The molecule has 0 fully saturated rings. The van der Waals surface area contributed by atoms with Gasteiger partial charge in [-0.1, -0.05) is 83.1 Å². The maximum Gasteiger partial charge on any atom is -0.0223 e. The van der Waals surface area contributed by atoms with E-state index in [1.54, 1.807) is 0 Å². The van der Waals surface area contributed by atoms with E-state index >= 15 is 0 Å². The van der Waals surface area contributed by atoms with Gasteiger partial charge < -0.3 is 0 Å². The van der Waals surface area contributed by atoms with Crippen LogP contribution in [0.25, 0.3) is 0 Å². The summed E-state index contributed by atoms with van der Waals surface area (Å²) in [6.45, 7) is 29.0. The molecule has 0 aromatic rings. The first-order valence-electron chi connectivity index (χ1n) is 7.56. The molecule has 110 valence electrons. The molecule has 0 aliphatic rings. The lowest BCUT2D eigenvalue weighted by Gasteiger charge is -2.63. The van der Waals surface area contributed by atoms with E-state index in [1.165, 1.54) is 6.42 Å². The van der Waals surface area contributed by atoms with Crippen LogP contribution in [0.1, 0.15) is 89.5 Å². The number of hydrogen-bond donors (Lipinski definition) is 0. The minimum Gasteiger partial charge on any atom is -0.0648 e. The summed E-state index contributed by atoms with van der Waals surface area (Å²) in [4.78, 5) is 0. The van der Waals surface area contributed by atoms with Gasteiger partial charge in [-0.3, -0.25) is 0 Å². The van der Waals surface area contributed by atoms with Crippen molar-refractivity contribution in [3.05, 3.63) is 0 Å². The highest BCUT2D eigenvalue weighted by Gasteiger charge is 2.57. The molecular weight excluding hydrogens is 216 g/mol. The summed E-state index contributed by atoms with van der Waals surface area (Å²) in [5, 5.41) is 0. The van der Waals surface area contributed by atoms with Crippen LogP contribution >= 0.6 is 0 Å². The molecule has 0 aliphatic heterocycles. The standard InChI is InChI=1S/C18H38/c1-13-18(12,15(5,6)7)17(10,11)16(8,9)14(2,3)4/h13H2,1-12H3. The van der Waals surface area contributed by atoms with Crippen LogP contribution in [0.2, 0.25) is 0 Å². The minimum absolute atomic E-state index is 0.269. The molecule has 1 atom stereocenters. The van der Waals surface area contributed by atoms with Crippen molar-refractivity contribution in [3.8, 4) is 0 Å². The highest BCUT2D eigenvalue weighted by molar-refractivity contribution is 5.06. The fraction of sp³-hybridized carbons (Fsp3) is 1.00. The highest BCUT2D eigenvalue weighted by Crippen LogP contribution is 2.64. The van der Waals surface area contributed by atoms with Crippen molar-refractivity contribution in [1.29, 1.82) is 0 Å². The minimum atomic E-state index is 0.269. The van der Waals surface area contributed by atoms with E-state index in [-0.39, 0.29) is 10.8 Å². The van der Waals surface area contributed by atoms with Crippen molar-refractivity contribution in [3.63, 3.8) is 0 Å². The molecule has 0 saturated heterocycles. The zero-order chi connectivity index (χ0) is 15.2. The predicted molar refractivity (Wildman–Crippen MR) is 84.9 cm³/mol. The number of hydrogen-bond acceptors (Lipinski definition) is 0. The Hall–Kier alpha value is 0. The molecule has 0 amide bonds. The topological polar surface area (TPSA) is 0 Å². The van der Waals surface area contributed by atoms with Crippen molar-refractivity contribution in [1.82, 2.24) is 0 Å². The van der Waals surface area contributed by atoms with Gasteiger partial charge in [-0.2, -0.15) is 0 Å². The van der Waals surface area contributed by atoms with Gasteiger partial charge in [-0.15, -0.1) is 0 Å². The van der Waals surface area contributed by atoms with Gasteiger partial charge >= 0.3 is 0 Å². The second-order valence-corrected chi connectivity index (χ2v) is 9.44. The van der Waals surface area contributed by atoms with Crippen molar-refractivity contribution >= 4 is 0 Å². The molecular formula is C18H38. The van der Waals surface area contributed by atoms with Gasteiger partial charge in [0.1, 0.15) is 0 Å². The van der Waals surface area contributed by atoms with Gasteiger partial charge in [0.15, 0.2) is 0 Å². The van der Waals surface area contributed by atoms with Crippen molar-refractivity contribution in [2.24, 2.45) is 27.1 Å². The van der Waals surface area contributed by atoms with Crippen LogP contribution in [0.4, 0.5) is 0 Å². The van der Waals surface area contributed by atoms with Gasteiger partial charge in [0.2, 0.25) is 0 Å². The van der Waals surface area contributed by atoms with Crippen LogP contribution in [0.15, 0.2) is 0 Å². The van der Waals surface area contributed by atoms with Crippen LogP contribution in [0.5, 0.6) is 0 Å². The van der Waals surface area contributed by atoms with Gasteiger partial charge in [-0.05, 0) is 33.5 Å². The van der Waals surface area contributed by atoms with Crippen LogP contribution in [-0.4, -0.2) is 0 Å². The molecule has 0 heteroatoms. The Kier molecular flexibility index (Phi) is 4.53. The van der Waals surface area contributed by atoms with E-state index in [1.807, 2.05) is 0 Å². The van der Waals surface area contributed by atoms with Crippen LogP contribution in [0, 0.1) is 27.1 Å². The summed E-state index contributed by atoms with van der Waals surface area (Å²) in [6, 6.07) is 0. The molecule has 0 spiro atoms. The van der Waals surface area contributed by atoms with Crippen LogP contribution < -0.4 is 0 Å². The number of rotatable bonds is 3. The van der Waals surface area contributed by atoms with E-state index in [2.05, 4.69) is 83.1 Å². The molecule has 0 nitrogen and oxygen atoms in total. The monoisotopic (exact) mass is 254 g/mol. The lowest BCUT2D eigenvalue weighted by Crippen LogP contribution is -2.56. The zero-order valence-corrected chi connectivity index (χ0v) is 15.2. The van der Waals surface area contributed by atoms with Gasteiger partial charge in [0, 0.05) is 0 Å². The summed E-state index contributed by atoms with van der Waals surface area (Å²) >= 11 is 0. The first-order chi connectivity index (χ1) is 7.56. The fourth-order valence-electron chi connectivity index (χ4n) is 3.54. The molecule has 0 radical (unpaired) electrons. The maximum absolute atomic E-state index is 2.49. The Bertz CT molecular complexity index is 280. The lowest BCUT2D eigenvalue weighted by atomic mass is 9.42. The summed E-state index contributed by atoms with van der Waals surface area (Å²) in [6.07, 6.45) is 1.23. The molecule has 1 unspecified atom stereocenters. The molecule has 0 aromatic heterocycles. The molecule has 0 heterocycles. The third kappa shape index (κ3) is 2.37. The second-order valence-electron chi connectivity index (χ2n) is 9.44. The van der Waals surface area contributed by atoms with E-state index in [0.29, 0.717) is 16.2 Å². The van der Waals surface area contributed by atoms with E-state index in [0.717, 1.165) is 0 Å². The predicted octanol–water partition coefficient (Wildman–Crippen LogP) is 6.55. The van der Waals surface area contributed by atoms with Gasteiger partial charge in [-0.25, -0.2) is 0 Å². The normalized spacial score (nSPS) is 18.7. The quantitative estimate of drug-likeness (QED) is 0.536. The summed E-state index contributed by atoms with van der Waals surface area (Å²) in [5.74, 6) is 0. The lowest BCUT2D eigenvalue weighted by molar-refractivity contribution is -0.143. The molecule has 0 bridgehead atoms. The molecule has 0 saturated carbocycles. The van der Waals surface area contributed by atoms with Gasteiger partial charge in [0.05, 0.1) is 0 Å². The summed E-state index contributed by atoms with van der Waals surface area (Å²) < 4.78 is 0. The van der Waals surface area contributed by atoms with E-state index in [9.17, 15) is 0 Å². The van der Waals surface area contributed by atoms with Crippen LogP contribution in [0.3, 0.4) is 0 Å². The smallest absolute Gasteiger partial charge is 0.0223 e. The van der Waals surface area contributed by atoms with Crippen molar-refractivity contribution < 1.29 is 0 Å². The average molecular weight is 255 g/mol. The van der Waals surface area contributed by atoms with Crippen LogP contribution in [-0.2, 0) is 0 Å². The van der Waals surface area contributed by atoms with Crippen molar-refractivity contribution in [2.45, 2.75) is 89.5 Å². The Morgan fingerprint density at radius 2 is 0.833 bits per heavy atom. The molecule has 0 N–H and O–H groups in total.